The van der Waals surface area contributed by atoms with Crippen LogP contribution in [-0.4, -0.2) is 6.61 Å². The van der Waals surface area contributed by atoms with Gasteiger partial charge in [-0.3, -0.25) is 0 Å². The molecule has 1 aromatic carbocycles. The van der Waals surface area contributed by atoms with Crippen LogP contribution >= 0.6 is 11.3 Å². The maximum atomic E-state index is 12.4. The first kappa shape index (κ1) is 14.0. The van der Waals surface area contributed by atoms with Gasteiger partial charge in [-0.05, 0) is 23.6 Å². The lowest BCUT2D eigenvalue weighted by Gasteiger charge is -2.11. The first-order valence-electron chi connectivity index (χ1n) is 5.61. The Morgan fingerprint density at radius 3 is 2.60 bits per heavy atom. The van der Waals surface area contributed by atoms with E-state index in [0.717, 1.165) is 0 Å². The maximum absolute atomic E-state index is 12.4. The molecule has 1 heterocycles. The van der Waals surface area contributed by atoms with E-state index in [1.807, 2.05) is 11.4 Å². The molecule has 0 amide bonds. The van der Waals surface area contributed by atoms with Gasteiger partial charge in [0.2, 0.25) is 0 Å². The third-order valence-corrected chi connectivity index (χ3v) is 3.43. The Balaban J connectivity index is 2.52. The first-order chi connectivity index (χ1) is 9.63. The van der Waals surface area contributed by atoms with Crippen molar-refractivity contribution >= 4 is 22.6 Å². The molecule has 0 radical (unpaired) electrons. The number of rotatable bonds is 4. The van der Waals surface area contributed by atoms with Crippen LogP contribution in [0.3, 0.4) is 0 Å². The topological polar surface area (TPSA) is 59.0 Å². The molecule has 0 unspecified atom stereocenters. The molecule has 0 bridgehead atoms. The highest BCUT2D eigenvalue weighted by molar-refractivity contribution is 7.11. The number of hydrogen-bond donors (Lipinski definition) is 1. The summed E-state index contributed by atoms with van der Waals surface area (Å²) in [5.74, 6) is -0.0516. The SMILES string of the molecule is N#C/C(=C(/N)c1ccccc1OC(F)F)c1cccs1. The molecule has 0 fully saturated rings. The zero-order chi connectivity index (χ0) is 14.5. The second-order valence-corrected chi connectivity index (χ2v) is 4.70. The summed E-state index contributed by atoms with van der Waals surface area (Å²) in [6.07, 6.45) is 0. The molecule has 0 spiro atoms. The van der Waals surface area contributed by atoms with Crippen molar-refractivity contribution in [3.63, 3.8) is 0 Å². The van der Waals surface area contributed by atoms with Crippen LogP contribution in [-0.2, 0) is 0 Å². The summed E-state index contributed by atoms with van der Waals surface area (Å²) in [6.45, 7) is -2.95. The molecule has 20 heavy (non-hydrogen) atoms. The predicted molar refractivity (Wildman–Crippen MR) is 74.0 cm³/mol. The van der Waals surface area contributed by atoms with E-state index in [9.17, 15) is 14.0 Å². The third-order valence-electron chi connectivity index (χ3n) is 2.54. The van der Waals surface area contributed by atoms with Crippen LogP contribution in [0.2, 0.25) is 0 Å². The average molecular weight is 292 g/mol. The van der Waals surface area contributed by atoms with Crippen molar-refractivity contribution in [3.05, 3.63) is 52.2 Å². The van der Waals surface area contributed by atoms with Crippen molar-refractivity contribution in [3.8, 4) is 11.8 Å². The van der Waals surface area contributed by atoms with Crippen LogP contribution in [0, 0.1) is 11.3 Å². The number of ether oxygens (including phenoxy) is 1. The summed E-state index contributed by atoms with van der Waals surface area (Å²) >= 11 is 1.35. The molecule has 2 rings (SSSR count). The summed E-state index contributed by atoms with van der Waals surface area (Å²) in [5, 5.41) is 11.0. The van der Waals surface area contributed by atoms with Gasteiger partial charge in [-0.25, -0.2) is 0 Å². The Kier molecular flexibility index (Phi) is 4.33. The van der Waals surface area contributed by atoms with Crippen LogP contribution in [0.4, 0.5) is 8.78 Å². The molecule has 0 saturated heterocycles. The van der Waals surface area contributed by atoms with Crippen LogP contribution in [0.15, 0.2) is 41.8 Å². The van der Waals surface area contributed by atoms with E-state index in [-0.39, 0.29) is 22.6 Å². The summed E-state index contributed by atoms with van der Waals surface area (Å²) in [6, 6.07) is 11.7. The van der Waals surface area contributed by atoms with E-state index >= 15 is 0 Å². The summed E-state index contributed by atoms with van der Waals surface area (Å²) < 4.78 is 29.2. The van der Waals surface area contributed by atoms with E-state index in [0.29, 0.717) is 4.88 Å². The number of hydrogen-bond acceptors (Lipinski definition) is 4. The number of allylic oxidation sites excluding steroid dienone is 1. The highest BCUT2D eigenvalue weighted by Crippen LogP contribution is 2.31. The fourth-order valence-electron chi connectivity index (χ4n) is 1.69. The Labute approximate surface area is 118 Å². The molecule has 1 aromatic heterocycles. The van der Waals surface area contributed by atoms with E-state index in [2.05, 4.69) is 4.74 Å². The number of halogens is 2. The molecule has 3 nitrogen and oxygen atoms in total. The second kappa shape index (κ2) is 6.17. The van der Waals surface area contributed by atoms with Gasteiger partial charge in [0.1, 0.15) is 11.8 Å². The van der Waals surface area contributed by atoms with Crippen molar-refractivity contribution in [2.45, 2.75) is 6.61 Å². The lowest BCUT2D eigenvalue weighted by atomic mass is 10.1. The van der Waals surface area contributed by atoms with Gasteiger partial charge >= 0.3 is 6.61 Å². The largest absolute Gasteiger partial charge is 0.434 e. The molecule has 102 valence electrons. The molecular weight excluding hydrogens is 282 g/mol. The summed E-state index contributed by atoms with van der Waals surface area (Å²) in [5.41, 5.74) is 6.59. The molecule has 2 N–H and O–H groups in total. The fourth-order valence-corrected chi connectivity index (χ4v) is 2.43. The minimum Gasteiger partial charge on any atom is -0.434 e. The van der Waals surface area contributed by atoms with Gasteiger partial charge in [0.15, 0.2) is 0 Å². The Bertz CT molecular complexity index is 660. The zero-order valence-electron chi connectivity index (χ0n) is 10.2. The van der Waals surface area contributed by atoms with Gasteiger partial charge in [-0.2, -0.15) is 14.0 Å². The lowest BCUT2D eigenvalue weighted by molar-refractivity contribution is -0.0500. The first-order valence-corrected chi connectivity index (χ1v) is 6.49. The molecule has 6 heteroatoms. The number of nitrogens with zero attached hydrogens (tertiary/aromatic N) is 1. The molecular formula is C14H10F2N2OS. The highest BCUT2D eigenvalue weighted by atomic mass is 32.1. The van der Waals surface area contributed by atoms with Crippen LogP contribution in [0.1, 0.15) is 10.4 Å². The number of nitriles is 1. The van der Waals surface area contributed by atoms with Crippen LogP contribution in [0.25, 0.3) is 11.3 Å². The predicted octanol–water partition coefficient (Wildman–Crippen LogP) is 3.70. The highest BCUT2D eigenvalue weighted by Gasteiger charge is 2.15. The summed E-state index contributed by atoms with van der Waals surface area (Å²) in [4.78, 5) is 0.678. The van der Waals surface area contributed by atoms with Crippen LogP contribution < -0.4 is 10.5 Å². The molecule has 0 atom stereocenters. The molecule has 0 aliphatic carbocycles. The Hall–Kier alpha value is -2.39. The standard InChI is InChI=1S/C14H10F2N2OS/c15-14(16)19-11-5-2-1-4-9(11)13(18)10(8-17)12-6-3-7-20-12/h1-7,14H,18H2/b13-10-. The third kappa shape index (κ3) is 2.95. The van der Waals surface area contributed by atoms with E-state index in [1.54, 1.807) is 24.3 Å². The quantitative estimate of drug-likeness (QED) is 0.874. The fraction of sp³-hybridized carbons (Fsp3) is 0.0714. The van der Waals surface area contributed by atoms with Crippen LogP contribution in [0.5, 0.6) is 5.75 Å². The van der Waals surface area contributed by atoms with Crippen molar-refractivity contribution in [1.29, 1.82) is 5.26 Å². The van der Waals surface area contributed by atoms with E-state index in [1.165, 1.54) is 23.5 Å². The molecule has 0 aliphatic heterocycles. The number of thiophene rings is 1. The number of nitrogens with two attached hydrogens (primary N) is 1. The minimum absolute atomic E-state index is 0.0516. The summed E-state index contributed by atoms with van der Waals surface area (Å²) in [7, 11) is 0. The second-order valence-electron chi connectivity index (χ2n) is 3.75. The number of alkyl halides is 2. The van der Waals surface area contributed by atoms with Crippen molar-refractivity contribution < 1.29 is 13.5 Å². The van der Waals surface area contributed by atoms with Crippen molar-refractivity contribution in [1.82, 2.24) is 0 Å². The molecule has 0 aliphatic rings. The van der Waals surface area contributed by atoms with E-state index in [4.69, 9.17) is 5.73 Å². The normalized spacial score (nSPS) is 11.9. The minimum atomic E-state index is -2.95. The smallest absolute Gasteiger partial charge is 0.387 e. The number of para-hydroxylation sites is 1. The number of benzene rings is 1. The van der Waals surface area contributed by atoms with Gasteiger partial charge < -0.3 is 10.5 Å². The Morgan fingerprint density at radius 1 is 1.25 bits per heavy atom. The lowest BCUT2D eigenvalue weighted by Crippen LogP contribution is -2.07. The van der Waals surface area contributed by atoms with Gasteiger partial charge in [0, 0.05) is 10.4 Å². The zero-order valence-corrected chi connectivity index (χ0v) is 11.0. The molecule has 0 saturated carbocycles. The Morgan fingerprint density at radius 2 is 2.00 bits per heavy atom. The maximum Gasteiger partial charge on any atom is 0.387 e. The van der Waals surface area contributed by atoms with Gasteiger partial charge in [0.25, 0.3) is 0 Å². The van der Waals surface area contributed by atoms with Crippen molar-refractivity contribution in [2.24, 2.45) is 5.73 Å². The van der Waals surface area contributed by atoms with Crippen molar-refractivity contribution in [2.75, 3.05) is 0 Å². The molecule has 2 aromatic rings. The van der Waals surface area contributed by atoms with Gasteiger partial charge in [-0.15, -0.1) is 11.3 Å². The van der Waals surface area contributed by atoms with Gasteiger partial charge in [-0.1, -0.05) is 18.2 Å². The van der Waals surface area contributed by atoms with E-state index < -0.39 is 6.61 Å². The monoisotopic (exact) mass is 292 g/mol. The average Bonchev–Trinajstić information content (AvgIpc) is 2.93. The van der Waals surface area contributed by atoms with Gasteiger partial charge in [0.05, 0.1) is 11.3 Å².